The van der Waals surface area contributed by atoms with E-state index in [0.717, 1.165) is 53.9 Å². The number of nitrogens with one attached hydrogen (secondary N) is 1. The predicted octanol–water partition coefficient (Wildman–Crippen LogP) is 5.60. The Balaban J connectivity index is 1.62. The Morgan fingerprint density at radius 2 is 1.88 bits per heavy atom. The zero-order valence-electron chi connectivity index (χ0n) is 18.8. The molecule has 0 saturated carbocycles. The summed E-state index contributed by atoms with van der Waals surface area (Å²) in [7, 11) is -2.80. The first-order valence-electron chi connectivity index (χ1n) is 11.4. The highest BCUT2D eigenvalue weighted by atomic mass is 32.3. The minimum absolute atomic E-state index is 0.307. The third-order valence-electron chi connectivity index (χ3n) is 6.05. The van der Waals surface area contributed by atoms with Gasteiger partial charge in [0.05, 0.1) is 16.2 Å². The summed E-state index contributed by atoms with van der Waals surface area (Å²) in [5.74, 6) is 1.17. The van der Waals surface area contributed by atoms with Gasteiger partial charge in [0.25, 0.3) is 0 Å². The van der Waals surface area contributed by atoms with Crippen LogP contribution in [0.2, 0.25) is 0 Å². The average Bonchev–Trinajstić information content (AvgIpc) is 2.92. The van der Waals surface area contributed by atoms with Gasteiger partial charge in [-0.1, -0.05) is 42.7 Å². The first-order chi connectivity index (χ1) is 15.5. The molecule has 7 heteroatoms. The summed E-state index contributed by atoms with van der Waals surface area (Å²) in [4.78, 5) is 7.77. The number of hydrogen-bond donors (Lipinski definition) is 4. The smallest absolute Gasteiger partial charge is 0.131 e. The van der Waals surface area contributed by atoms with E-state index in [-0.39, 0.29) is 0 Å². The molecule has 0 amide bonds. The largest absolute Gasteiger partial charge is 0.384 e. The van der Waals surface area contributed by atoms with Gasteiger partial charge in [-0.05, 0) is 50.1 Å². The van der Waals surface area contributed by atoms with Crippen molar-refractivity contribution in [2.24, 2.45) is 5.73 Å². The second kappa shape index (κ2) is 10.1. The molecule has 0 saturated heterocycles. The molecule has 5 N–H and O–H groups in total. The Labute approximate surface area is 192 Å². The molecule has 172 valence electrons. The second-order valence-electron chi connectivity index (χ2n) is 8.58. The number of benzene rings is 2. The lowest BCUT2D eigenvalue weighted by molar-refractivity contribution is 0.488. The van der Waals surface area contributed by atoms with Crippen LogP contribution in [0.3, 0.4) is 0 Å². The van der Waals surface area contributed by atoms with E-state index in [1.165, 1.54) is 18.4 Å². The van der Waals surface area contributed by atoms with Gasteiger partial charge in [0.1, 0.15) is 5.82 Å². The van der Waals surface area contributed by atoms with Crippen molar-refractivity contribution < 1.29 is 9.11 Å². The molecule has 0 bridgehead atoms. The fourth-order valence-electron chi connectivity index (χ4n) is 4.26. The Morgan fingerprint density at radius 1 is 1.06 bits per heavy atom. The monoisotopic (exact) mass is 454 g/mol. The van der Waals surface area contributed by atoms with Crippen molar-refractivity contribution >= 4 is 33.0 Å². The quantitative estimate of drug-likeness (QED) is 0.331. The van der Waals surface area contributed by atoms with Crippen molar-refractivity contribution in [1.82, 2.24) is 4.98 Å². The van der Waals surface area contributed by atoms with Crippen molar-refractivity contribution in [3.63, 3.8) is 0 Å². The standard InChI is InChI=1S/C25H34N4O2S/c1-19-10-11-22-21(16-19)23(27-13-7-3-2-6-12-26)17-25(28-22)29-14-15-32(30,31)24-9-5-4-8-20(24)18-29/h4-5,8-11,16-17,30-31H,2-3,6-7,12-15,18,26H2,1H3,(H,27,28). The normalized spacial score (nSPS) is 16.4. The molecule has 4 rings (SSSR count). The van der Waals surface area contributed by atoms with Gasteiger partial charge < -0.3 is 16.0 Å². The lowest BCUT2D eigenvalue weighted by Crippen LogP contribution is -2.26. The van der Waals surface area contributed by atoms with Crippen LogP contribution in [0.1, 0.15) is 36.8 Å². The van der Waals surface area contributed by atoms with Crippen LogP contribution in [0, 0.1) is 6.92 Å². The molecule has 0 radical (unpaired) electrons. The van der Waals surface area contributed by atoms with Gasteiger partial charge in [0.2, 0.25) is 0 Å². The first-order valence-corrected chi connectivity index (χ1v) is 13.1. The Bertz CT molecular complexity index is 1070. The molecule has 0 fully saturated rings. The van der Waals surface area contributed by atoms with E-state index in [9.17, 15) is 9.11 Å². The van der Waals surface area contributed by atoms with Gasteiger partial charge in [0, 0.05) is 36.8 Å². The summed E-state index contributed by atoms with van der Waals surface area (Å²) in [5.41, 5.74) is 9.78. The van der Waals surface area contributed by atoms with Crippen LogP contribution in [-0.2, 0) is 6.54 Å². The van der Waals surface area contributed by atoms with Crippen molar-refractivity contribution in [1.29, 1.82) is 0 Å². The van der Waals surface area contributed by atoms with Crippen molar-refractivity contribution in [3.8, 4) is 0 Å². The van der Waals surface area contributed by atoms with Crippen LogP contribution in [0.5, 0.6) is 0 Å². The molecule has 1 aromatic heterocycles. The third-order valence-corrected chi connectivity index (χ3v) is 7.91. The molecular weight excluding hydrogens is 420 g/mol. The fraction of sp³-hybridized carbons (Fsp3) is 0.400. The number of aryl methyl sites for hydroxylation is 1. The predicted molar refractivity (Wildman–Crippen MR) is 136 cm³/mol. The molecule has 2 heterocycles. The summed E-state index contributed by atoms with van der Waals surface area (Å²) in [6, 6.07) is 16.1. The van der Waals surface area contributed by atoms with Crippen LogP contribution in [-0.4, -0.2) is 39.5 Å². The highest BCUT2D eigenvalue weighted by Gasteiger charge is 2.26. The average molecular weight is 455 g/mol. The third kappa shape index (κ3) is 5.18. The number of fused-ring (bicyclic) bond motifs is 2. The Kier molecular flexibility index (Phi) is 7.20. The van der Waals surface area contributed by atoms with Gasteiger partial charge in [0.15, 0.2) is 0 Å². The summed E-state index contributed by atoms with van der Waals surface area (Å²) < 4.78 is 21.4. The number of nitrogens with zero attached hydrogens (tertiary/aromatic N) is 2. The number of nitrogens with two attached hydrogens (primary N) is 1. The molecule has 0 atom stereocenters. The van der Waals surface area contributed by atoms with Gasteiger partial charge >= 0.3 is 0 Å². The number of rotatable bonds is 8. The fourth-order valence-corrected chi connectivity index (χ4v) is 5.80. The Hall–Kier alpha value is -2.32. The van der Waals surface area contributed by atoms with Crippen molar-refractivity contribution in [2.45, 2.75) is 44.0 Å². The minimum Gasteiger partial charge on any atom is -0.384 e. The zero-order chi connectivity index (χ0) is 22.6. The van der Waals surface area contributed by atoms with E-state index in [4.69, 9.17) is 10.7 Å². The molecule has 0 unspecified atom stereocenters. The molecule has 1 aliphatic heterocycles. The molecule has 3 aromatic rings. The maximum absolute atomic E-state index is 10.7. The summed E-state index contributed by atoms with van der Waals surface area (Å²) in [6.07, 6.45) is 4.51. The van der Waals surface area contributed by atoms with E-state index >= 15 is 0 Å². The first kappa shape index (κ1) is 22.9. The molecular formula is C25H34N4O2S. The number of pyridine rings is 1. The van der Waals surface area contributed by atoms with Crippen LogP contribution < -0.4 is 16.0 Å². The number of aromatic nitrogens is 1. The molecule has 0 spiro atoms. The molecule has 2 aromatic carbocycles. The van der Waals surface area contributed by atoms with Gasteiger partial charge in [-0.15, -0.1) is 0 Å². The topological polar surface area (TPSA) is 94.6 Å². The highest BCUT2D eigenvalue weighted by molar-refractivity contribution is 8.24. The Morgan fingerprint density at radius 3 is 2.72 bits per heavy atom. The number of hydrogen-bond acceptors (Lipinski definition) is 6. The zero-order valence-corrected chi connectivity index (χ0v) is 19.6. The van der Waals surface area contributed by atoms with Crippen LogP contribution >= 0.6 is 10.6 Å². The molecule has 1 aliphatic rings. The highest BCUT2D eigenvalue weighted by Crippen LogP contribution is 2.51. The number of unbranched alkanes of at least 4 members (excludes halogenated alkanes) is 3. The molecule has 6 nitrogen and oxygen atoms in total. The van der Waals surface area contributed by atoms with E-state index in [1.807, 2.05) is 24.3 Å². The van der Waals surface area contributed by atoms with E-state index in [0.29, 0.717) is 23.7 Å². The summed E-state index contributed by atoms with van der Waals surface area (Å²) >= 11 is 0. The van der Waals surface area contributed by atoms with Crippen LogP contribution in [0.4, 0.5) is 11.5 Å². The van der Waals surface area contributed by atoms with Gasteiger partial charge in [-0.3, -0.25) is 9.11 Å². The van der Waals surface area contributed by atoms with Crippen molar-refractivity contribution in [3.05, 3.63) is 59.7 Å². The SMILES string of the molecule is Cc1ccc2nc(N3CCS(O)(O)c4ccccc4C3)cc(NCCCCCCN)c2c1. The van der Waals surface area contributed by atoms with Crippen LogP contribution in [0.15, 0.2) is 53.4 Å². The summed E-state index contributed by atoms with van der Waals surface area (Å²) in [5, 5.41) is 4.75. The van der Waals surface area contributed by atoms with Gasteiger partial charge in [-0.2, -0.15) is 10.6 Å². The van der Waals surface area contributed by atoms with Crippen molar-refractivity contribution in [2.75, 3.05) is 35.6 Å². The lowest BCUT2D eigenvalue weighted by atomic mass is 10.1. The van der Waals surface area contributed by atoms with E-state index in [2.05, 4.69) is 41.4 Å². The van der Waals surface area contributed by atoms with E-state index in [1.54, 1.807) is 0 Å². The van der Waals surface area contributed by atoms with Crippen LogP contribution in [0.25, 0.3) is 10.9 Å². The summed E-state index contributed by atoms with van der Waals surface area (Å²) in [6.45, 7) is 4.91. The maximum Gasteiger partial charge on any atom is 0.131 e. The van der Waals surface area contributed by atoms with E-state index < -0.39 is 10.6 Å². The molecule has 32 heavy (non-hydrogen) atoms. The maximum atomic E-state index is 10.7. The second-order valence-corrected chi connectivity index (χ2v) is 10.8. The van der Waals surface area contributed by atoms with Gasteiger partial charge in [-0.25, -0.2) is 4.98 Å². The minimum atomic E-state index is -2.80. The number of anilines is 2. The molecule has 0 aliphatic carbocycles. The lowest BCUT2D eigenvalue weighted by Gasteiger charge is -2.32.